The minimum absolute atomic E-state index is 0.0317. The lowest BCUT2D eigenvalue weighted by molar-refractivity contribution is -0.0223. The molecule has 3 heterocycles. The number of halogens is 2. The van der Waals surface area contributed by atoms with Crippen molar-refractivity contribution in [3.05, 3.63) is 35.5 Å². The molecule has 0 bridgehead atoms. The normalized spacial score (nSPS) is 20.0. The topological polar surface area (TPSA) is 148 Å². The molecular formula is C28H38F2N6O5S. The summed E-state index contributed by atoms with van der Waals surface area (Å²) in [6.45, 7) is 4.04. The quantitative estimate of drug-likeness (QED) is 0.337. The molecule has 3 aliphatic rings. The number of hydrogen-bond acceptors (Lipinski definition) is 9. The van der Waals surface area contributed by atoms with Crippen LogP contribution in [0.1, 0.15) is 68.4 Å². The Hall–Kier alpha value is -3.10. The van der Waals surface area contributed by atoms with Crippen LogP contribution in [-0.2, 0) is 15.6 Å². The molecule has 1 saturated carbocycles. The van der Waals surface area contributed by atoms with Crippen LogP contribution in [-0.4, -0.2) is 79.0 Å². The molecule has 2 aromatic rings. The number of hydrogen-bond donors (Lipinski definition) is 4. The molecule has 0 radical (unpaired) electrons. The second kappa shape index (κ2) is 11.2. The van der Waals surface area contributed by atoms with Crippen molar-refractivity contribution < 1.29 is 32.2 Å². The van der Waals surface area contributed by atoms with Crippen LogP contribution in [0.25, 0.3) is 0 Å². The maximum absolute atomic E-state index is 13.8. The predicted octanol–water partition coefficient (Wildman–Crippen LogP) is 3.31. The number of nitrogens with one attached hydrogen (secondary N) is 2. The van der Waals surface area contributed by atoms with Crippen molar-refractivity contribution in [2.24, 2.45) is 5.41 Å². The van der Waals surface area contributed by atoms with E-state index in [1.54, 1.807) is 11.0 Å². The summed E-state index contributed by atoms with van der Waals surface area (Å²) in [6, 6.07) is 6.10. The number of rotatable bonds is 9. The number of nitrogens with zero attached hydrogens (tertiary/aromatic N) is 4. The monoisotopic (exact) mass is 608 g/mol. The molecule has 0 atom stereocenters. The molecule has 1 aromatic heterocycles. The van der Waals surface area contributed by atoms with Crippen LogP contribution in [0.5, 0.6) is 0 Å². The fourth-order valence-electron chi connectivity index (χ4n) is 5.47. The Balaban J connectivity index is 1.44. The Morgan fingerprint density at radius 3 is 2.24 bits per heavy atom. The zero-order chi connectivity index (χ0) is 30.3. The van der Waals surface area contributed by atoms with Crippen LogP contribution < -0.4 is 19.8 Å². The van der Waals surface area contributed by atoms with Gasteiger partial charge in [-0.3, -0.25) is 9.52 Å². The second-order valence-corrected chi connectivity index (χ2v) is 14.0. The van der Waals surface area contributed by atoms with Crippen LogP contribution in [0.15, 0.2) is 24.3 Å². The van der Waals surface area contributed by atoms with E-state index in [0.717, 1.165) is 12.8 Å². The fourth-order valence-corrected chi connectivity index (χ4v) is 6.30. The number of amides is 1. The first-order valence-electron chi connectivity index (χ1n) is 14.2. The first-order valence-corrected chi connectivity index (χ1v) is 15.9. The second-order valence-electron chi connectivity index (χ2n) is 12.2. The third-order valence-corrected chi connectivity index (χ3v) is 9.62. The van der Waals surface area contributed by atoms with E-state index in [-0.39, 0.29) is 49.1 Å². The van der Waals surface area contributed by atoms with Gasteiger partial charge in [-0.2, -0.15) is 4.98 Å². The van der Waals surface area contributed by atoms with Crippen LogP contribution in [0.2, 0.25) is 0 Å². The molecule has 2 aliphatic heterocycles. The molecule has 230 valence electrons. The maximum Gasteiger partial charge on any atom is 0.258 e. The molecule has 14 heteroatoms. The Morgan fingerprint density at radius 1 is 1.00 bits per heavy atom. The van der Waals surface area contributed by atoms with Gasteiger partial charge in [0.2, 0.25) is 16.0 Å². The number of carbonyl (C=O) groups excluding carboxylic acids is 1. The van der Waals surface area contributed by atoms with E-state index in [0.29, 0.717) is 29.8 Å². The minimum atomic E-state index is -3.78. The summed E-state index contributed by atoms with van der Waals surface area (Å²) < 4.78 is 54.6. The molecule has 1 spiro atoms. The number of sulfonamides is 1. The number of alkyl halides is 2. The smallest absolute Gasteiger partial charge is 0.258 e. The predicted molar refractivity (Wildman–Crippen MR) is 156 cm³/mol. The molecule has 0 unspecified atom stereocenters. The molecule has 5 rings (SSSR count). The van der Waals surface area contributed by atoms with E-state index in [9.17, 15) is 27.1 Å². The van der Waals surface area contributed by atoms with Crippen molar-refractivity contribution >= 4 is 39.1 Å². The van der Waals surface area contributed by atoms with Crippen molar-refractivity contribution in [1.29, 1.82) is 0 Å². The number of carbonyl (C=O) groups is 1. The van der Waals surface area contributed by atoms with Gasteiger partial charge >= 0.3 is 0 Å². The van der Waals surface area contributed by atoms with E-state index >= 15 is 0 Å². The summed E-state index contributed by atoms with van der Waals surface area (Å²) in [5.74, 6) is -3.47. The van der Waals surface area contributed by atoms with E-state index in [1.165, 1.54) is 44.9 Å². The molecule has 2 saturated heterocycles. The number of aliphatic hydroxyl groups excluding tert-OH is 1. The molecule has 42 heavy (non-hydrogen) atoms. The lowest BCUT2D eigenvalue weighted by Gasteiger charge is -2.35. The highest BCUT2D eigenvalue weighted by Gasteiger charge is 2.44. The molecule has 4 N–H and O–H groups in total. The van der Waals surface area contributed by atoms with Crippen LogP contribution in [0.4, 0.5) is 31.9 Å². The molecule has 3 fully saturated rings. The average molecular weight is 609 g/mol. The van der Waals surface area contributed by atoms with Crippen molar-refractivity contribution in [3.63, 3.8) is 0 Å². The van der Waals surface area contributed by atoms with Crippen molar-refractivity contribution in [2.45, 2.75) is 63.9 Å². The fraction of sp³-hybridized carbons (Fsp3) is 0.607. The van der Waals surface area contributed by atoms with Gasteiger partial charge in [0.1, 0.15) is 11.4 Å². The van der Waals surface area contributed by atoms with Gasteiger partial charge in [-0.15, -0.1) is 0 Å². The summed E-state index contributed by atoms with van der Waals surface area (Å²) in [7, 11) is -3.78. The van der Waals surface area contributed by atoms with Gasteiger partial charge in [0, 0.05) is 45.1 Å². The third kappa shape index (κ3) is 7.09. The van der Waals surface area contributed by atoms with E-state index < -0.39 is 39.8 Å². The highest BCUT2D eigenvalue weighted by Crippen LogP contribution is 2.54. The summed E-state index contributed by atoms with van der Waals surface area (Å²) in [6.07, 6.45) is 3.66. The van der Waals surface area contributed by atoms with E-state index in [1.807, 2.05) is 0 Å². The standard InChI is InChI=1S/C28H38F2N6O5S/c1-26(2,39)22-18-23(33-25(31-22)36-13-9-28(29,30)10-14-36)32-24(38)20-4-3-19(34-42(40,41)16-15-37)17-21(20)35-11-7-27(5-6-27)8-12-35/h3-4,17-18,34,37,39H,5-16H2,1-2H3,(H,31,32,33,38). The lowest BCUT2D eigenvalue weighted by Crippen LogP contribution is -2.40. The highest BCUT2D eigenvalue weighted by molar-refractivity contribution is 7.92. The highest BCUT2D eigenvalue weighted by atomic mass is 32.2. The Kier molecular flexibility index (Phi) is 8.09. The van der Waals surface area contributed by atoms with E-state index in [2.05, 4.69) is 24.9 Å². The van der Waals surface area contributed by atoms with Gasteiger partial charge in [0.25, 0.3) is 11.8 Å². The van der Waals surface area contributed by atoms with Crippen molar-refractivity contribution in [1.82, 2.24) is 9.97 Å². The maximum atomic E-state index is 13.8. The first kappa shape index (κ1) is 30.4. The van der Waals surface area contributed by atoms with Gasteiger partial charge < -0.3 is 25.3 Å². The summed E-state index contributed by atoms with van der Waals surface area (Å²) in [5, 5.41) is 22.6. The SMILES string of the molecule is CC(C)(O)c1cc(NC(=O)c2ccc(NS(=O)(=O)CCO)cc2N2CCC3(CC2)CC3)nc(N2CCC(F)(F)CC2)n1. The number of anilines is 4. The van der Waals surface area contributed by atoms with Gasteiger partial charge in [0.15, 0.2) is 0 Å². The van der Waals surface area contributed by atoms with Crippen molar-refractivity contribution in [3.8, 4) is 0 Å². The van der Waals surface area contributed by atoms with Gasteiger partial charge in [-0.05, 0) is 63.1 Å². The Labute approximate surface area is 244 Å². The molecule has 1 aliphatic carbocycles. The summed E-state index contributed by atoms with van der Waals surface area (Å²) in [5.41, 5.74) is 0.346. The summed E-state index contributed by atoms with van der Waals surface area (Å²) >= 11 is 0. The lowest BCUT2D eigenvalue weighted by atomic mass is 9.93. The van der Waals surface area contributed by atoms with Crippen LogP contribution in [0, 0.1) is 5.41 Å². The molecular weight excluding hydrogens is 570 g/mol. The Morgan fingerprint density at radius 2 is 1.64 bits per heavy atom. The number of aliphatic hydroxyl groups is 2. The zero-order valence-electron chi connectivity index (χ0n) is 23.9. The van der Waals surface area contributed by atoms with Crippen LogP contribution >= 0.6 is 0 Å². The van der Waals surface area contributed by atoms with E-state index in [4.69, 9.17) is 5.11 Å². The average Bonchev–Trinajstić information content (AvgIpc) is 3.66. The largest absolute Gasteiger partial charge is 0.395 e. The number of aromatic nitrogens is 2. The minimum Gasteiger partial charge on any atom is -0.395 e. The molecule has 1 amide bonds. The van der Waals surface area contributed by atoms with Gasteiger partial charge in [-0.1, -0.05) is 0 Å². The molecule has 11 nitrogen and oxygen atoms in total. The number of piperidine rings is 2. The zero-order valence-corrected chi connectivity index (χ0v) is 24.7. The first-order chi connectivity index (χ1) is 19.7. The third-order valence-electron chi connectivity index (χ3n) is 8.36. The number of benzene rings is 1. The Bertz CT molecular complexity index is 1420. The van der Waals surface area contributed by atoms with Gasteiger partial charge in [-0.25, -0.2) is 22.2 Å². The van der Waals surface area contributed by atoms with Crippen molar-refractivity contribution in [2.75, 3.05) is 58.4 Å². The molecule has 1 aromatic carbocycles. The van der Waals surface area contributed by atoms with Crippen LogP contribution in [0.3, 0.4) is 0 Å². The van der Waals surface area contributed by atoms with Gasteiger partial charge in [0.05, 0.1) is 35.0 Å². The summed E-state index contributed by atoms with van der Waals surface area (Å²) in [4.78, 5) is 26.2.